The predicted molar refractivity (Wildman–Crippen MR) is 158 cm³/mol. The number of rotatable bonds is 2. The molecule has 1 amide bonds. The Morgan fingerprint density at radius 1 is 1.20 bits per heavy atom. The smallest absolute Gasteiger partial charge is 0.251 e. The van der Waals surface area contributed by atoms with Gasteiger partial charge in [0.25, 0.3) is 5.91 Å². The Morgan fingerprint density at radius 2 is 2.05 bits per heavy atom. The molecule has 0 bridgehead atoms. The van der Waals surface area contributed by atoms with Crippen molar-refractivity contribution in [2.45, 2.75) is 50.9 Å². The van der Waals surface area contributed by atoms with E-state index in [1.807, 2.05) is 24.0 Å². The van der Waals surface area contributed by atoms with E-state index in [1.165, 1.54) is 0 Å². The van der Waals surface area contributed by atoms with E-state index in [1.54, 1.807) is 12.3 Å². The maximum Gasteiger partial charge on any atom is 0.251 e. The molecular formula is C30H31ClFN7O2. The number of anilines is 2. The average Bonchev–Trinajstić information content (AvgIpc) is 3.61. The highest BCUT2D eigenvalue weighted by atomic mass is 35.5. The number of fused-ring (bicyclic) bond motifs is 5. The fourth-order valence-corrected chi connectivity index (χ4v) is 7.67. The lowest BCUT2D eigenvalue weighted by molar-refractivity contribution is -0.121. The monoisotopic (exact) mass is 575 g/mol. The first-order chi connectivity index (χ1) is 19.8. The molecule has 2 fully saturated rings. The summed E-state index contributed by atoms with van der Waals surface area (Å²) in [7, 11) is 2.09. The highest BCUT2D eigenvalue weighted by Crippen LogP contribution is 2.52. The summed E-state index contributed by atoms with van der Waals surface area (Å²) in [6.07, 6.45) is 3.52. The van der Waals surface area contributed by atoms with Crippen LogP contribution in [0.25, 0.3) is 32.9 Å². The summed E-state index contributed by atoms with van der Waals surface area (Å²) in [6.45, 7) is 6.55. The van der Waals surface area contributed by atoms with Gasteiger partial charge in [-0.05, 0) is 51.9 Å². The fraction of sp³-hybridized carbons (Fsp3) is 0.433. The number of pyridine rings is 1. The third-order valence-corrected chi connectivity index (χ3v) is 9.71. The molecule has 4 aromatic rings. The molecule has 2 N–H and O–H groups in total. The number of benzene rings is 2. The maximum atomic E-state index is 16.9. The number of carbonyl (C=O) groups excluding carboxylic acids is 1. The number of aryl methyl sites for hydroxylation is 1. The Kier molecular flexibility index (Phi) is 5.55. The van der Waals surface area contributed by atoms with E-state index in [4.69, 9.17) is 21.3 Å². The number of aromatic amines is 1. The van der Waals surface area contributed by atoms with Crippen molar-refractivity contribution in [3.05, 3.63) is 40.8 Å². The second-order valence-corrected chi connectivity index (χ2v) is 12.3. The van der Waals surface area contributed by atoms with Gasteiger partial charge in [-0.3, -0.25) is 14.8 Å². The van der Waals surface area contributed by atoms with E-state index in [-0.39, 0.29) is 40.2 Å². The van der Waals surface area contributed by atoms with Gasteiger partial charge in [-0.1, -0.05) is 23.7 Å². The van der Waals surface area contributed by atoms with Gasteiger partial charge in [0.1, 0.15) is 23.3 Å². The van der Waals surface area contributed by atoms with Gasteiger partial charge < -0.3 is 19.9 Å². The number of hydrogen-bond donors (Lipinski definition) is 2. The molecule has 0 aliphatic carbocycles. The van der Waals surface area contributed by atoms with E-state index in [0.717, 1.165) is 41.5 Å². The van der Waals surface area contributed by atoms with Crippen molar-refractivity contribution in [2.24, 2.45) is 0 Å². The number of amides is 1. The van der Waals surface area contributed by atoms with Crippen LogP contribution in [0.3, 0.4) is 0 Å². The molecule has 4 atom stereocenters. The minimum atomic E-state index is -0.511. The summed E-state index contributed by atoms with van der Waals surface area (Å²) >= 11 is 6.96. The summed E-state index contributed by atoms with van der Waals surface area (Å²) in [5, 5.41) is 12.4. The van der Waals surface area contributed by atoms with Gasteiger partial charge in [-0.2, -0.15) is 5.10 Å². The number of likely N-dealkylation sites (N-methyl/N-ethyl adjacent to an activating group) is 1. The molecular weight excluding hydrogens is 545 g/mol. The van der Waals surface area contributed by atoms with Crippen LogP contribution in [0.15, 0.2) is 24.4 Å². The number of carbonyl (C=O) groups is 1. The predicted octanol–water partition coefficient (Wildman–Crippen LogP) is 4.25. The van der Waals surface area contributed by atoms with E-state index < -0.39 is 11.9 Å². The zero-order valence-electron chi connectivity index (χ0n) is 23.2. The highest BCUT2D eigenvalue weighted by Gasteiger charge is 2.49. The summed E-state index contributed by atoms with van der Waals surface area (Å²) in [4.78, 5) is 25.0. The molecule has 0 spiro atoms. The van der Waals surface area contributed by atoms with Crippen molar-refractivity contribution >= 4 is 50.7 Å². The Morgan fingerprint density at radius 3 is 2.85 bits per heavy atom. The van der Waals surface area contributed by atoms with Crippen LogP contribution in [-0.4, -0.2) is 83.4 Å². The Balaban J connectivity index is 1.40. The van der Waals surface area contributed by atoms with Crippen LogP contribution in [0.5, 0.6) is 5.88 Å². The first-order valence-electron chi connectivity index (χ1n) is 14.3. The molecule has 9 nitrogen and oxygen atoms in total. The van der Waals surface area contributed by atoms with Crippen LogP contribution in [-0.2, 0) is 4.79 Å². The number of nitrogens with one attached hydrogen (secondary N) is 2. The number of aromatic nitrogens is 3. The minimum Gasteiger partial charge on any atom is -0.469 e. The van der Waals surface area contributed by atoms with Crippen LogP contribution < -0.4 is 19.9 Å². The van der Waals surface area contributed by atoms with E-state index in [2.05, 4.69) is 39.3 Å². The van der Waals surface area contributed by atoms with E-state index >= 15 is 4.39 Å². The molecule has 8 rings (SSSR count). The largest absolute Gasteiger partial charge is 0.469 e. The van der Waals surface area contributed by atoms with Crippen LogP contribution >= 0.6 is 11.6 Å². The van der Waals surface area contributed by atoms with Crippen LogP contribution in [0.1, 0.15) is 25.3 Å². The fourth-order valence-electron chi connectivity index (χ4n) is 7.38. The minimum absolute atomic E-state index is 0.0259. The van der Waals surface area contributed by atoms with E-state index in [0.29, 0.717) is 42.2 Å². The molecule has 2 aromatic carbocycles. The van der Waals surface area contributed by atoms with Crippen molar-refractivity contribution in [3.63, 3.8) is 0 Å². The SMILES string of the molecule is Cc1ccc2cn[nH]c2c1-c1c(Cl)cc2c3c4c(nc2c1F)O[C@@H]([C@@H]1CCCN1C)CN4C(=O)[C@H]1CN[C@H](C)CN31. The average molecular weight is 576 g/mol. The molecule has 0 unspecified atom stereocenters. The molecule has 4 aliphatic heterocycles. The van der Waals surface area contributed by atoms with Gasteiger partial charge in [0.2, 0.25) is 5.88 Å². The van der Waals surface area contributed by atoms with Crippen LogP contribution in [0.2, 0.25) is 5.02 Å². The maximum absolute atomic E-state index is 16.9. The number of piperazine rings is 1. The molecule has 11 heteroatoms. The zero-order chi connectivity index (χ0) is 28.2. The lowest BCUT2D eigenvalue weighted by atomic mass is 9.93. The molecule has 2 saturated heterocycles. The first-order valence-corrected chi connectivity index (χ1v) is 14.7. The van der Waals surface area contributed by atoms with E-state index in [9.17, 15) is 4.79 Å². The molecule has 212 valence electrons. The molecule has 4 aliphatic rings. The van der Waals surface area contributed by atoms with Crippen molar-refractivity contribution in [1.29, 1.82) is 0 Å². The van der Waals surface area contributed by atoms with Gasteiger partial charge >= 0.3 is 0 Å². The topological polar surface area (TPSA) is 89.6 Å². The number of likely N-dealkylation sites (tertiary alicyclic amines) is 1. The zero-order valence-corrected chi connectivity index (χ0v) is 23.9. The molecule has 0 radical (unpaired) electrons. The lowest BCUT2D eigenvalue weighted by Crippen LogP contribution is -2.66. The summed E-state index contributed by atoms with van der Waals surface area (Å²) in [6, 6.07) is 5.61. The number of ether oxygens (including phenoxy) is 1. The Bertz CT molecular complexity index is 1760. The standard InChI is InChI=1S/C30H31ClFN7O2/c1-14-6-7-16-10-34-36-25(16)22(14)23-18(31)9-17-26(24(23)32)35-29-28-27(17)38-12-15(2)33-11-20(38)30(40)39(28)13-21(41-29)19-5-4-8-37(19)3/h6-7,9-10,15,19-21,33H,4-5,8,11-13H2,1-3H3,(H,34,36)/t15-,19+,20-,21-/m1/s1. The number of nitrogens with zero attached hydrogens (tertiary/aromatic N) is 5. The van der Waals surface area contributed by atoms with Gasteiger partial charge in [0.15, 0.2) is 5.82 Å². The van der Waals surface area contributed by atoms with Crippen molar-refractivity contribution in [3.8, 4) is 17.0 Å². The Hall–Kier alpha value is -3.47. The molecule has 0 saturated carbocycles. The van der Waals surface area contributed by atoms with Gasteiger partial charge in [0.05, 0.1) is 29.0 Å². The first kappa shape index (κ1) is 25.3. The highest BCUT2D eigenvalue weighted by molar-refractivity contribution is 6.35. The Labute approximate surface area is 241 Å². The summed E-state index contributed by atoms with van der Waals surface area (Å²) in [5.41, 5.74) is 4.11. The third kappa shape index (κ3) is 3.57. The van der Waals surface area contributed by atoms with Gasteiger partial charge in [-0.15, -0.1) is 0 Å². The molecule has 41 heavy (non-hydrogen) atoms. The normalized spacial score (nSPS) is 26.0. The van der Waals surface area contributed by atoms with Crippen LogP contribution in [0.4, 0.5) is 15.8 Å². The molecule has 2 aromatic heterocycles. The van der Waals surface area contributed by atoms with Crippen molar-refractivity contribution < 1.29 is 13.9 Å². The summed E-state index contributed by atoms with van der Waals surface area (Å²) < 4.78 is 23.5. The third-order valence-electron chi connectivity index (χ3n) is 9.41. The number of hydrogen-bond acceptors (Lipinski definition) is 7. The van der Waals surface area contributed by atoms with Crippen molar-refractivity contribution in [1.82, 2.24) is 25.4 Å². The second-order valence-electron chi connectivity index (χ2n) is 11.9. The summed E-state index contributed by atoms with van der Waals surface area (Å²) in [5.74, 6) is -0.174. The van der Waals surface area contributed by atoms with Crippen molar-refractivity contribution in [2.75, 3.05) is 43.0 Å². The van der Waals surface area contributed by atoms with Crippen LogP contribution in [0, 0.1) is 12.7 Å². The van der Waals surface area contributed by atoms with Gasteiger partial charge in [-0.25, -0.2) is 9.37 Å². The number of halogens is 2. The van der Waals surface area contributed by atoms with Gasteiger partial charge in [0, 0.05) is 47.1 Å². The lowest BCUT2D eigenvalue weighted by Gasteiger charge is -2.50. The second kappa shape index (κ2) is 9.01. The molecule has 6 heterocycles. The quantitative estimate of drug-likeness (QED) is 0.369. The number of H-pyrrole nitrogens is 1.